The standard InChI is InChI=1S/C29H27NO6/c1-20(31)28(14-15-29(32)33)36-26-10-4-6-21(16-26)18-34-24-8-5-9-25(17-24)35-19-23-13-12-22-7-2-3-11-27(22)30-23/h2-13,16-17,28H,14-15,18-19H2,1H3,(H,32,33). The molecule has 0 aliphatic rings. The first-order valence-electron chi connectivity index (χ1n) is 11.6. The van der Waals surface area contributed by atoms with Crippen molar-refractivity contribution in [1.82, 2.24) is 4.98 Å². The van der Waals surface area contributed by atoms with E-state index in [1.165, 1.54) is 6.92 Å². The van der Waals surface area contributed by atoms with E-state index in [4.69, 9.17) is 19.3 Å². The fourth-order valence-electron chi connectivity index (χ4n) is 3.64. The van der Waals surface area contributed by atoms with Crippen LogP contribution in [0.15, 0.2) is 84.9 Å². The molecule has 0 bridgehead atoms. The molecule has 1 aromatic heterocycles. The Balaban J connectivity index is 1.33. The number of para-hydroxylation sites is 1. The van der Waals surface area contributed by atoms with Gasteiger partial charge >= 0.3 is 5.97 Å². The van der Waals surface area contributed by atoms with Crippen LogP contribution in [0.25, 0.3) is 10.9 Å². The van der Waals surface area contributed by atoms with Gasteiger partial charge in [-0.1, -0.05) is 42.5 Å². The predicted octanol–water partition coefficient (Wildman–Crippen LogP) is 5.59. The molecule has 7 nitrogen and oxygen atoms in total. The maximum absolute atomic E-state index is 11.8. The van der Waals surface area contributed by atoms with E-state index in [0.29, 0.717) is 23.9 Å². The zero-order chi connectivity index (χ0) is 25.3. The molecule has 0 fully saturated rings. The van der Waals surface area contributed by atoms with Crippen molar-refractivity contribution in [1.29, 1.82) is 0 Å². The Morgan fingerprint density at radius 3 is 2.33 bits per heavy atom. The number of hydrogen-bond donors (Lipinski definition) is 1. The molecule has 1 atom stereocenters. The highest BCUT2D eigenvalue weighted by Gasteiger charge is 2.18. The van der Waals surface area contributed by atoms with Gasteiger partial charge in [0.1, 0.15) is 30.5 Å². The number of aliphatic carboxylic acids is 1. The summed E-state index contributed by atoms with van der Waals surface area (Å²) in [7, 11) is 0. The first-order valence-corrected chi connectivity index (χ1v) is 11.6. The van der Waals surface area contributed by atoms with Gasteiger partial charge in [-0.25, -0.2) is 4.98 Å². The summed E-state index contributed by atoms with van der Waals surface area (Å²) in [6.45, 7) is 2.02. The topological polar surface area (TPSA) is 95.0 Å². The van der Waals surface area contributed by atoms with Crippen LogP contribution < -0.4 is 14.2 Å². The predicted molar refractivity (Wildman–Crippen MR) is 135 cm³/mol. The summed E-state index contributed by atoms with van der Waals surface area (Å²) < 4.78 is 17.6. The van der Waals surface area contributed by atoms with Crippen LogP contribution in [0.3, 0.4) is 0 Å². The summed E-state index contributed by atoms with van der Waals surface area (Å²) >= 11 is 0. The third-order valence-electron chi connectivity index (χ3n) is 5.50. The number of benzene rings is 3. The maximum Gasteiger partial charge on any atom is 0.303 e. The lowest BCUT2D eigenvalue weighted by atomic mass is 10.1. The van der Waals surface area contributed by atoms with Gasteiger partial charge in [0.15, 0.2) is 11.9 Å². The van der Waals surface area contributed by atoms with Gasteiger partial charge in [0.25, 0.3) is 0 Å². The quantitative estimate of drug-likeness (QED) is 0.279. The minimum absolute atomic E-state index is 0.118. The molecule has 0 radical (unpaired) electrons. The molecule has 1 N–H and O–H groups in total. The first-order chi connectivity index (χ1) is 17.5. The normalized spacial score (nSPS) is 11.6. The maximum atomic E-state index is 11.8. The van der Waals surface area contributed by atoms with Gasteiger partial charge in [0.05, 0.1) is 11.2 Å². The second-order valence-corrected chi connectivity index (χ2v) is 8.34. The number of Topliss-reactive ketones (excluding diaryl/α,β-unsaturated/α-hetero) is 1. The molecule has 0 spiro atoms. The molecule has 4 rings (SSSR count). The van der Waals surface area contributed by atoms with Crippen LogP contribution in [0.5, 0.6) is 17.2 Å². The molecule has 7 heteroatoms. The van der Waals surface area contributed by atoms with E-state index in [1.54, 1.807) is 18.2 Å². The Morgan fingerprint density at radius 2 is 1.56 bits per heavy atom. The molecule has 1 heterocycles. The van der Waals surface area contributed by atoms with Crippen molar-refractivity contribution in [3.05, 3.63) is 96.2 Å². The van der Waals surface area contributed by atoms with Crippen molar-refractivity contribution in [3.63, 3.8) is 0 Å². The SMILES string of the molecule is CC(=O)C(CCC(=O)O)Oc1cccc(COc2cccc(OCc3ccc4ccccc4n3)c2)c1. The van der Waals surface area contributed by atoms with Crippen LogP contribution in [0.2, 0.25) is 0 Å². The van der Waals surface area contributed by atoms with Crippen LogP contribution in [0, 0.1) is 0 Å². The van der Waals surface area contributed by atoms with E-state index in [-0.39, 0.29) is 25.2 Å². The average molecular weight is 486 g/mol. The van der Waals surface area contributed by atoms with Gasteiger partial charge in [-0.2, -0.15) is 0 Å². The Morgan fingerprint density at radius 1 is 0.833 bits per heavy atom. The summed E-state index contributed by atoms with van der Waals surface area (Å²) in [5.41, 5.74) is 2.61. The van der Waals surface area contributed by atoms with Crippen molar-refractivity contribution in [3.8, 4) is 17.2 Å². The number of ether oxygens (including phenoxy) is 3. The van der Waals surface area contributed by atoms with Crippen LogP contribution in [-0.4, -0.2) is 27.9 Å². The van der Waals surface area contributed by atoms with Gasteiger partial charge in [0.2, 0.25) is 0 Å². The summed E-state index contributed by atoms with van der Waals surface area (Å²) in [6.07, 6.45) is -0.821. The van der Waals surface area contributed by atoms with E-state index in [0.717, 1.165) is 22.2 Å². The number of hydrogen-bond acceptors (Lipinski definition) is 6. The molecular weight excluding hydrogens is 458 g/mol. The number of carbonyl (C=O) groups excluding carboxylic acids is 1. The van der Waals surface area contributed by atoms with Crippen LogP contribution in [0.1, 0.15) is 31.0 Å². The van der Waals surface area contributed by atoms with Gasteiger partial charge < -0.3 is 19.3 Å². The third kappa shape index (κ3) is 7.06. The summed E-state index contributed by atoms with van der Waals surface area (Å²) in [5, 5.41) is 9.97. The van der Waals surface area contributed by atoms with Gasteiger partial charge in [-0.3, -0.25) is 9.59 Å². The van der Waals surface area contributed by atoms with Crippen molar-refractivity contribution >= 4 is 22.7 Å². The van der Waals surface area contributed by atoms with E-state index >= 15 is 0 Å². The molecule has 184 valence electrons. The second-order valence-electron chi connectivity index (χ2n) is 8.34. The number of nitrogens with zero attached hydrogens (tertiary/aromatic N) is 1. The Kier molecular flexibility index (Phi) is 8.13. The van der Waals surface area contributed by atoms with Crippen LogP contribution >= 0.6 is 0 Å². The number of pyridine rings is 1. The Hall–Kier alpha value is -4.39. The molecule has 4 aromatic rings. The molecule has 3 aromatic carbocycles. The average Bonchev–Trinajstić information content (AvgIpc) is 2.89. The van der Waals surface area contributed by atoms with E-state index in [1.807, 2.05) is 66.7 Å². The number of rotatable bonds is 12. The first kappa shape index (κ1) is 24.7. The van der Waals surface area contributed by atoms with Crippen molar-refractivity contribution in [2.75, 3.05) is 0 Å². The van der Waals surface area contributed by atoms with E-state index in [2.05, 4.69) is 4.98 Å². The van der Waals surface area contributed by atoms with Gasteiger partial charge in [0, 0.05) is 24.3 Å². The van der Waals surface area contributed by atoms with Crippen molar-refractivity contribution in [2.45, 2.75) is 39.1 Å². The highest BCUT2D eigenvalue weighted by atomic mass is 16.5. The number of carbonyl (C=O) groups is 2. The van der Waals surface area contributed by atoms with Crippen LogP contribution in [-0.2, 0) is 22.8 Å². The second kappa shape index (κ2) is 11.8. The minimum atomic E-state index is -0.966. The Labute approximate surface area is 209 Å². The van der Waals surface area contributed by atoms with Crippen molar-refractivity contribution < 1.29 is 28.9 Å². The number of carboxylic acid groups (broad SMARTS) is 1. The zero-order valence-electron chi connectivity index (χ0n) is 19.9. The van der Waals surface area contributed by atoms with Gasteiger partial charge in [-0.15, -0.1) is 0 Å². The van der Waals surface area contributed by atoms with Gasteiger partial charge in [-0.05, 0) is 48.9 Å². The zero-order valence-corrected chi connectivity index (χ0v) is 19.9. The third-order valence-corrected chi connectivity index (χ3v) is 5.50. The van der Waals surface area contributed by atoms with Crippen LogP contribution in [0.4, 0.5) is 0 Å². The fraction of sp³-hybridized carbons (Fsp3) is 0.207. The van der Waals surface area contributed by atoms with Crippen molar-refractivity contribution in [2.24, 2.45) is 0 Å². The Bertz CT molecular complexity index is 1350. The highest BCUT2D eigenvalue weighted by molar-refractivity contribution is 5.81. The molecule has 36 heavy (non-hydrogen) atoms. The summed E-state index contributed by atoms with van der Waals surface area (Å²) in [5.74, 6) is 0.623. The smallest absolute Gasteiger partial charge is 0.303 e. The lowest BCUT2D eigenvalue weighted by molar-refractivity contribution is -0.137. The monoisotopic (exact) mass is 485 g/mol. The molecule has 0 amide bonds. The number of ketones is 1. The highest BCUT2D eigenvalue weighted by Crippen LogP contribution is 2.23. The summed E-state index contributed by atoms with van der Waals surface area (Å²) in [6, 6.07) is 26.5. The molecule has 0 aliphatic heterocycles. The lowest BCUT2D eigenvalue weighted by Gasteiger charge is -2.16. The van der Waals surface area contributed by atoms with E-state index in [9.17, 15) is 9.59 Å². The molecule has 0 saturated carbocycles. The largest absolute Gasteiger partial charge is 0.489 e. The molecule has 0 aliphatic carbocycles. The molecule has 0 saturated heterocycles. The molecular formula is C29H27NO6. The number of aromatic nitrogens is 1. The number of carboxylic acids is 1. The van der Waals surface area contributed by atoms with E-state index < -0.39 is 12.1 Å². The number of fused-ring (bicyclic) bond motifs is 1. The minimum Gasteiger partial charge on any atom is -0.489 e. The fourth-order valence-corrected chi connectivity index (χ4v) is 3.64. The summed E-state index contributed by atoms with van der Waals surface area (Å²) in [4.78, 5) is 27.3. The lowest BCUT2D eigenvalue weighted by Crippen LogP contribution is -2.26. The molecule has 1 unspecified atom stereocenters.